The smallest absolute Gasteiger partial charge is 0.232 e. The molecule has 24 heavy (non-hydrogen) atoms. The van der Waals surface area contributed by atoms with E-state index in [1.807, 2.05) is 20.8 Å². The first-order valence-corrected chi connectivity index (χ1v) is 8.75. The predicted octanol–water partition coefficient (Wildman–Crippen LogP) is 4.46. The van der Waals surface area contributed by atoms with Gasteiger partial charge in [-0.25, -0.2) is 0 Å². The van der Waals surface area contributed by atoms with E-state index in [0.717, 1.165) is 19.3 Å². The van der Waals surface area contributed by atoms with Gasteiger partial charge in [0.2, 0.25) is 11.6 Å². The molecule has 1 aromatic carbocycles. The standard InChI is InChI=1S/C20H28O4/c1-11(2)7-6-8-20(5)10-15(22)18(23)17-13(20)9-14(21)16(12(3)4)19(17)24/h9,11-12,21,24H,6-8,10H2,1-5H3/t20-/m0/s1. The number of benzene rings is 1. The number of rotatable bonds is 5. The number of Topliss-reactive ketones (excluding diaryl/α,β-unsaturated/α-hetero) is 2. The molecular formula is C20H28O4. The van der Waals surface area contributed by atoms with Crippen molar-refractivity contribution in [1.82, 2.24) is 0 Å². The Bertz CT molecular complexity index is 673. The van der Waals surface area contributed by atoms with Gasteiger partial charge in [0, 0.05) is 17.4 Å². The second-order valence-corrected chi connectivity index (χ2v) is 8.01. The van der Waals surface area contributed by atoms with Gasteiger partial charge in [0.15, 0.2) is 0 Å². The van der Waals surface area contributed by atoms with E-state index >= 15 is 0 Å². The van der Waals surface area contributed by atoms with Crippen molar-refractivity contribution >= 4 is 11.6 Å². The molecule has 1 aromatic rings. The molecule has 2 N–H and O–H groups in total. The molecular weight excluding hydrogens is 304 g/mol. The first-order valence-electron chi connectivity index (χ1n) is 8.75. The molecule has 1 aliphatic carbocycles. The Kier molecular flexibility index (Phi) is 5.07. The van der Waals surface area contributed by atoms with Gasteiger partial charge in [0.05, 0.1) is 5.56 Å². The van der Waals surface area contributed by atoms with Gasteiger partial charge < -0.3 is 10.2 Å². The van der Waals surface area contributed by atoms with Gasteiger partial charge in [0.1, 0.15) is 11.5 Å². The van der Waals surface area contributed by atoms with E-state index in [-0.39, 0.29) is 29.4 Å². The third-order valence-corrected chi connectivity index (χ3v) is 5.09. The molecule has 4 heteroatoms. The van der Waals surface area contributed by atoms with E-state index in [0.29, 0.717) is 17.0 Å². The topological polar surface area (TPSA) is 74.6 Å². The average molecular weight is 332 g/mol. The van der Waals surface area contributed by atoms with Crippen molar-refractivity contribution in [1.29, 1.82) is 0 Å². The number of carbonyl (C=O) groups is 2. The SMILES string of the molecule is CC(C)CCC[C@@]1(C)CC(=O)C(=O)c2c1cc(O)c(C(C)C)c2O. The Morgan fingerprint density at radius 1 is 1.17 bits per heavy atom. The fourth-order valence-electron chi connectivity index (χ4n) is 3.74. The second-order valence-electron chi connectivity index (χ2n) is 8.01. The summed E-state index contributed by atoms with van der Waals surface area (Å²) in [5.41, 5.74) is 0.510. The van der Waals surface area contributed by atoms with E-state index in [1.54, 1.807) is 6.07 Å². The molecule has 132 valence electrons. The summed E-state index contributed by atoms with van der Waals surface area (Å²) >= 11 is 0. The highest BCUT2D eigenvalue weighted by Crippen LogP contribution is 2.48. The quantitative estimate of drug-likeness (QED) is 0.781. The van der Waals surface area contributed by atoms with E-state index < -0.39 is 17.0 Å². The van der Waals surface area contributed by atoms with Crippen LogP contribution < -0.4 is 0 Å². The van der Waals surface area contributed by atoms with Crippen molar-refractivity contribution in [3.05, 3.63) is 22.8 Å². The van der Waals surface area contributed by atoms with E-state index in [4.69, 9.17) is 0 Å². The van der Waals surface area contributed by atoms with Crippen LogP contribution in [-0.2, 0) is 10.2 Å². The summed E-state index contributed by atoms with van der Waals surface area (Å²) in [6, 6.07) is 1.59. The lowest BCUT2D eigenvalue weighted by Crippen LogP contribution is -2.37. The molecule has 2 rings (SSSR count). The van der Waals surface area contributed by atoms with Crippen molar-refractivity contribution in [2.24, 2.45) is 5.92 Å². The Morgan fingerprint density at radius 3 is 2.33 bits per heavy atom. The Labute approximate surface area is 143 Å². The maximum Gasteiger partial charge on any atom is 0.232 e. The van der Waals surface area contributed by atoms with Crippen LogP contribution in [0.4, 0.5) is 0 Å². The zero-order chi connectivity index (χ0) is 18.2. The maximum absolute atomic E-state index is 12.4. The van der Waals surface area contributed by atoms with Gasteiger partial charge in [-0.1, -0.05) is 47.5 Å². The van der Waals surface area contributed by atoms with Crippen molar-refractivity contribution < 1.29 is 19.8 Å². The van der Waals surface area contributed by atoms with Gasteiger partial charge in [-0.2, -0.15) is 0 Å². The van der Waals surface area contributed by atoms with Crippen molar-refractivity contribution in [3.8, 4) is 11.5 Å². The number of fused-ring (bicyclic) bond motifs is 1. The molecule has 0 heterocycles. The highest BCUT2D eigenvalue weighted by molar-refractivity contribution is 6.46. The number of phenolic OH excluding ortho intramolecular Hbond substituents is 2. The van der Waals surface area contributed by atoms with E-state index in [2.05, 4.69) is 13.8 Å². The fourth-order valence-corrected chi connectivity index (χ4v) is 3.74. The van der Waals surface area contributed by atoms with E-state index in [1.165, 1.54) is 0 Å². The largest absolute Gasteiger partial charge is 0.508 e. The summed E-state index contributed by atoms with van der Waals surface area (Å²) in [6.45, 7) is 9.91. The summed E-state index contributed by atoms with van der Waals surface area (Å²) in [5, 5.41) is 20.9. The summed E-state index contributed by atoms with van der Waals surface area (Å²) in [4.78, 5) is 24.7. The van der Waals surface area contributed by atoms with Crippen molar-refractivity contribution in [2.45, 2.75) is 71.6 Å². The van der Waals surface area contributed by atoms with Crippen LogP contribution in [0.2, 0.25) is 0 Å². The lowest BCUT2D eigenvalue weighted by atomic mass is 9.66. The van der Waals surface area contributed by atoms with Crippen LogP contribution in [0.1, 0.15) is 87.7 Å². The molecule has 0 spiro atoms. The molecule has 0 amide bonds. The van der Waals surface area contributed by atoms with Gasteiger partial charge >= 0.3 is 0 Å². The van der Waals surface area contributed by atoms with Crippen LogP contribution in [-0.4, -0.2) is 21.8 Å². The minimum atomic E-state index is -0.634. The summed E-state index contributed by atoms with van der Waals surface area (Å²) in [7, 11) is 0. The molecule has 4 nitrogen and oxygen atoms in total. The molecule has 0 saturated heterocycles. The number of aromatic hydroxyl groups is 2. The van der Waals surface area contributed by atoms with Crippen LogP contribution in [0.25, 0.3) is 0 Å². The predicted molar refractivity (Wildman–Crippen MR) is 93.9 cm³/mol. The molecule has 0 radical (unpaired) electrons. The Hall–Kier alpha value is -1.84. The zero-order valence-corrected chi connectivity index (χ0v) is 15.3. The van der Waals surface area contributed by atoms with Crippen LogP contribution in [0.3, 0.4) is 0 Å². The Morgan fingerprint density at radius 2 is 1.79 bits per heavy atom. The zero-order valence-electron chi connectivity index (χ0n) is 15.3. The van der Waals surface area contributed by atoms with Crippen LogP contribution in [0, 0.1) is 5.92 Å². The molecule has 1 atom stereocenters. The molecule has 0 saturated carbocycles. The highest BCUT2D eigenvalue weighted by Gasteiger charge is 2.43. The normalized spacial score (nSPS) is 20.8. The minimum Gasteiger partial charge on any atom is -0.508 e. The highest BCUT2D eigenvalue weighted by atomic mass is 16.3. The van der Waals surface area contributed by atoms with Crippen molar-refractivity contribution in [3.63, 3.8) is 0 Å². The van der Waals surface area contributed by atoms with Gasteiger partial charge in [-0.3, -0.25) is 9.59 Å². The third kappa shape index (κ3) is 3.19. The number of hydrogen-bond donors (Lipinski definition) is 2. The third-order valence-electron chi connectivity index (χ3n) is 5.09. The summed E-state index contributed by atoms with van der Waals surface area (Å²) < 4.78 is 0. The first kappa shape index (κ1) is 18.5. The first-order chi connectivity index (χ1) is 11.1. The van der Waals surface area contributed by atoms with Gasteiger partial charge in [-0.15, -0.1) is 0 Å². The molecule has 0 aliphatic heterocycles. The molecule has 0 unspecified atom stereocenters. The van der Waals surface area contributed by atoms with Crippen LogP contribution in [0.15, 0.2) is 6.07 Å². The number of ketones is 2. The molecule has 1 aliphatic rings. The summed E-state index contributed by atoms with van der Waals surface area (Å²) in [6.07, 6.45) is 2.85. The monoisotopic (exact) mass is 332 g/mol. The lowest BCUT2D eigenvalue weighted by molar-refractivity contribution is -0.116. The van der Waals surface area contributed by atoms with Gasteiger partial charge in [0.25, 0.3) is 0 Å². The molecule has 0 bridgehead atoms. The minimum absolute atomic E-state index is 0.00140. The summed E-state index contributed by atoms with van der Waals surface area (Å²) in [5.74, 6) is -0.894. The van der Waals surface area contributed by atoms with Crippen molar-refractivity contribution in [2.75, 3.05) is 0 Å². The second kappa shape index (κ2) is 6.58. The number of carbonyl (C=O) groups excluding carboxylic acids is 2. The maximum atomic E-state index is 12.4. The number of hydrogen-bond acceptors (Lipinski definition) is 4. The van der Waals surface area contributed by atoms with Crippen LogP contribution in [0.5, 0.6) is 11.5 Å². The lowest BCUT2D eigenvalue weighted by Gasteiger charge is -2.36. The van der Waals surface area contributed by atoms with Crippen LogP contribution >= 0.6 is 0 Å². The van der Waals surface area contributed by atoms with Gasteiger partial charge in [-0.05, 0) is 29.9 Å². The fraction of sp³-hybridized carbons (Fsp3) is 0.600. The number of phenols is 2. The van der Waals surface area contributed by atoms with E-state index in [9.17, 15) is 19.8 Å². The molecule has 0 fully saturated rings. The average Bonchev–Trinajstić information content (AvgIpc) is 2.43. The molecule has 0 aromatic heterocycles. The Balaban J connectivity index is 2.56.